The maximum absolute atomic E-state index is 6.11. The first-order chi connectivity index (χ1) is 8.67. The van der Waals surface area contributed by atoms with Crippen molar-refractivity contribution in [1.82, 2.24) is 14.8 Å². The van der Waals surface area contributed by atoms with E-state index in [9.17, 15) is 0 Å². The summed E-state index contributed by atoms with van der Waals surface area (Å²) in [4.78, 5) is 0. The van der Waals surface area contributed by atoms with Gasteiger partial charge in [0.05, 0.1) is 5.02 Å². The lowest BCUT2D eigenvalue weighted by atomic mass is 10.2. The largest absolute Gasteiger partial charge is 0.355 e. The minimum atomic E-state index is 0.670. The van der Waals surface area contributed by atoms with Crippen molar-refractivity contribution < 1.29 is 0 Å². The molecule has 0 aliphatic heterocycles. The molecule has 0 fully saturated rings. The fourth-order valence-corrected chi connectivity index (χ4v) is 2.17. The minimum Gasteiger partial charge on any atom is -0.355 e. The van der Waals surface area contributed by atoms with Crippen LogP contribution in [0.4, 0.5) is 5.95 Å². The van der Waals surface area contributed by atoms with E-state index in [4.69, 9.17) is 11.6 Å². The van der Waals surface area contributed by atoms with Crippen LogP contribution in [0.2, 0.25) is 5.02 Å². The van der Waals surface area contributed by atoms with Crippen LogP contribution >= 0.6 is 27.5 Å². The van der Waals surface area contributed by atoms with Crippen LogP contribution in [0.25, 0.3) is 11.4 Å². The van der Waals surface area contributed by atoms with E-state index in [2.05, 4.69) is 38.4 Å². The maximum Gasteiger partial charge on any atom is 0.224 e. The Morgan fingerprint density at radius 1 is 1.33 bits per heavy atom. The number of halogens is 2. The Morgan fingerprint density at radius 3 is 2.72 bits per heavy atom. The molecule has 0 atom stereocenters. The fourth-order valence-electron chi connectivity index (χ4n) is 1.74. The summed E-state index contributed by atoms with van der Waals surface area (Å²) in [6, 6.07) is 5.78. The average molecular weight is 330 g/mol. The molecular weight excluding hydrogens is 316 g/mol. The van der Waals surface area contributed by atoms with Gasteiger partial charge in [0.25, 0.3) is 0 Å². The molecule has 0 radical (unpaired) electrons. The van der Waals surface area contributed by atoms with E-state index < -0.39 is 0 Å². The summed E-state index contributed by atoms with van der Waals surface area (Å²) in [5.41, 5.74) is 0.960. The van der Waals surface area contributed by atoms with E-state index in [1.54, 1.807) is 0 Å². The van der Waals surface area contributed by atoms with Gasteiger partial charge < -0.3 is 5.32 Å². The SMILES string of the molecule is CCNc1nnc(-c2ccc(Br)c(Cl)c2)n1CC. The van der Waals surface area contributed by atoms with Crippen molar-refractivity contribution in [1.29, 1.82) is 0 Å². The van der Waals surface area contributed by atoms with Crippen LogP contribution < -0.4 is 5.32 Å². The lowest BCUT2D eigenvalue weighted by molar-refractivity contribution is 0.770. The van der Waals surface area contributed by atoms with Crippen molar-refractivity contribution in [3.8, 4) is 11.4 Å². The first kappa shape index (κ1) is 13.4. The molecule has 0 aliphatic rings. The Hall–Kier alpha value is -1.07. The molecule has 1 heterocycles. The highest BCUT2D eigenvalue weighted by Gasteiger charge is 2.12. The summed E-state index contributed by atoms with van der Waals surface area (Å²) in [6.45, 7) is 5.72. The second-order valence-corrected chi connectivity index (χ2v) is 5.01. The number of hydrogen-bond acceptors (Lipinski definition) is 3. The number of benzene rings is 1. The van der Waals surface area contributed by atoms with Crippen LogP contribution in [-0.4, -0.2) is 21.3 Å². The maximum atomic E-state index is 6.11. The van der Waals surface area contributed by atoms with E-state index in [1.807, 2.05) is 29.7 Å². The van der Waals surface area contributed by atoms with E-state index in [0.29, 0.717) is 5.02 Å². The van der Waals surface area contributed by atoms with Gasteiger partial charge in [-0.05, 0) is 48.0 Å². The zero-order chi connectivity index (χ0) is 13.1. The van der Waals surface area contributed by atoms with Crippen LogP contribution in [0.15, 0.2) is 22.7 Å². The Bertz CT molecular complexity index is 553. The van der Waals surface area contributed by atoms with Gasteiger partial charge in [-0.2, -0.15) is 0 Å². The summed E-state index contributed by atoms with van der Waals surface area (Å²) < 4.78 is 2.91. The molecule has 2 aromatic rings. The van der Waals surface area contributed by atoms with Gasteiger partial charge in [-0.3, -0.25) is 4.57 Å². The van der Waals surface area contributed by atoms with E-state index >= 15 is 0 Å². The van der Waals surface area contributed by atoms with Crippen molar-refractivity contribution in [3.05, 3.63) is 27.7 Å². The molecule has 0 bridgehead atoms. The molecule has 1 aromatic carbocycles. The van der Waals surface area contributed by atoms with E-state index in [1.165, 1.54) is 0 Å². The number of rotatable bonds is 4. The first-order valence-electron chi connectivity index (χ1n) is 5.79. The monoisotopic (exact) mass is 328 g/mol. The standard InChI is InChI=1S/C12H14BrClN4/c1-3-15-12-17-16-11(18(12)4-2)8-5-6-9(13)10(14)7-8/h5-7H,3-4H2,1-2H3,(H,15,17). The molecule has 0 amide bonds. The first-order valence-corrected chi connectivity index (χ1v) is 6.97. The third kappa shape index (κ3) is 2.52. The zero-order valence-corrected chi connectivity index (χ0v) is 12.6. The van der Waals surface area contributed by atoms with Gasteiger partial charge in [-0.25, -0.2) is 0 Å². The van der Waals surface area contributed by atoms with Crippen LogP contribution in [0, 0.1) is 0 Å². The normalized spacial score (nSPS) is 10.7. The van der Waals surface area contributed by atoms with Gasteiger partial charge in [-0.15, -0.1) is 10.2 Å². The van der Waals surface area contributed by atoms with Gasteiger partial charge in [-0.1, -0.05) is 11.6 Å². The number of nitrogens with zero attached hydrogens (tertiary/aromatic N) is 3. The lowest BCUT2D eigenvalue weighted by Gasteiger charge is -2.08. The summed E-state index contributed by atoms with van der Waals surface area (Å²) in [6.07, 6.45) is 0. The lowest BCUT2D eigenvalue weighted by Crippen LogP contribution is -2.06. The van der Waals surface area contributed by atoms with Crippen molar-refractivity contribution in [2.75, 3.05) is 11.9 Å². The number of nitrogens with one attached hydrogen (secondary N) is 1. The molecule has 2 rings (SSSR count). The average Bonchev–Trinajstić information content (AvgIpc) is 2.76. The molecule has 0 saturated carbocycles. The molecular formula is C12H14BrClN4. The van der Waals surface area contributed by atoms with Crippen molar-refractivity contribution >= 4 is 33.5 Å². The third-order valence-electron chi connectivity index (χ3n) is 2.58. The van der Waals surface area contributed by atoms with Crippen molar-refractivity contribution in [2.24, 2.45) is 0 Å². The topological polar surface area (TPSA) is 42.7 Å². The molecule has 0 unspecified atom stereocenters. The smallest absolute Gasteiger partial charge is 0.224 e. The molecule has 0 saturated heterocycles. The predicted molar refractivity (Wildman–Crippen MR) is 78.0 cm³/mol. The molecule has 1 N–H and O–H groups in total. The van der Waals surface area contributed by atoms with Gasteiger partial charge in [0.2, 0.25) is 5.95 Å². The number of aromatic nitrogens is 3. The van der Waals surface area contributed by atoms with Gasteiger partial charge in [0, 0.05) is 23.1 Å². The van der Waals surface area contributed by atoms with Crippen LogP contribution in [0.5, 0.6) is 0 Å². The molecule has 6 heteroatoms. The summed E-state index contributed by atoms with van der Waals surface area (Å²) >= 11 is 9.49. The highest BCUT2D eigenvalue weighted by atomic mass is 79.9. The highest BCUT2D eigenvalue weighted by Crippen LogP contribution is 2.28. The highest BCUT2D eigenvalue weighted by molar-refractivity contribution is 9.10. The predicted octanol–water partition coefficient (Wildman–Crippen LogP) is 3.81. The van der Waals surface area contributed by atoms with Crippen LogP contribution in [-0.2, 0) is 6.54 Å². The third-order valence-corrected chi connectivity index (χ3v) is 3.81. The van der Waals surface area contributed by atoms with E-state index in [-0.39, 0.29) is 0 Å². The number of anilines is 1. The second kappa shape index (κ2) is 5.71. The van der Waals surface area contributed by atoms with Gasteiger partial charge in [0.15, 0.2) is 5.82 Å². The van der Waals surface area contributed by atoms with Crippen molar-refractivity contribution in [3.63, 3.8) is 0 Å². The second-order valence-electron chi connectivity index (χ2n) is 3.75. The Balaban J connectivity index is 2.46. The Kier molecular flexibility index (Phi) is 4.24. The van der Waals surface area contributed by atoms with Crippen molar-refractivity contribution in [2.45, 2.75) is 20.4 Å². The number of hydrogen-bond donors (Lipinski definition) is 1. The molecule has 0 aliphatic carbocycles. The molecule has 0 spiro atoms. The zero-order valence-electron chi connectivity index (χ0n) is 10.2. The van der Waals surface area contributed by atoms with Gasteiger partial charge in [0.1, 0.15) is 0 Å². The minimum absolute atomic E-state index is 0.670. The summed E-state index contributed by atoms with van der Waals surface area (Å²) in [5, 5.41) is 12.2. The summed E-state index contributed by atoms with van der Waals surface area (Å²) in [7, 11) is 0. The van der Waals surface area contributed by atoms with Crippen LogP contribution in [0.3, 0.4) is 0 Å². The quantitative estimate of drug-likeness (QED) is 0.927. The fraction of sp³-hybridized carbons (Fsp3) is 0.333. The summed E-state index contributed by atoms with van der Waals surface area (Å²) in [5.74, 6) is 1.61. The molecule has 1 aromatic heterocycles. The van der Waals surface area contributed by atoms with Gasteiger partial charge >= 0.3 is 0 Å². The van der Waals surface area contributed by atoms with Crippen LogP contribution in [0.1, 0.15) is 13.8 Å². The van der Waals surface area contributed by atoms with E-state index in [0.717, 1.165) is 34.9 Å². The molecule has 4 nitrogen and oxygen atoms in total. The Labute approximate surface area is 119 Å². The molecule has 96 valence electrons. The molecule has 18 heavy (non-hydrogen) atoms. The Morgan fingerprint density at radius 2 is 2.11 bits per heavy atom.